The van der Waals surface area contributed by atoms with Gasteiger partial charge < -0.3 is 10.2 Å². The van der Waals surface area contributed by atoms with E-state index in [1.165, 1.54) is 22.7 Å². The number of hydrogen-bond acceptors (Lipinski definition) is 3. The SMILES string of the molecule is CC(C)CNC(=O)[C@@H](C)N(Cc1cccc(Cl)c1)C(=O)CSCc1c(F)cccc1Cl. The third kappa shape index (κ3) is 8.02. The minimum absolute atomic E-state index is 0.0903. The highest BCUT2D eigenvalue weighted by Gasteiger charge is 2.26. The third-order valence-electron chi connectivity index (χ3n) is 4.63. The summed E-state index contributed by atoms with van der Waals surface area (Å²) in [4.78, 5) is 27.2. The predicted octanol–water partition coefficient (Wildman–Crippen LogP) is 5.56. The lowest BCUT2D eigenvalue weighted by atomic mass is 10.1. The fourth-order valence-electron chi connectivity index (χ4n) is 2.86. The van der Waals surface area contributed by atoms with E-state index >= 15 is 0 Å². The van der Waals surface area contributed by atoms with E-state index in [0.717, 1.165) is 5.56 Å². The van der Waals surface area contributed by atoms with Crippen molar-refractivity contribution in [1.82, 2.24) is 10.2 Å². The number of nitrogens with zero attached hydrogens (tertiary/aromatic N) is 1. The van der Waals surface area contributed by atoms with Crippen molar-refractivity contribution in [3.8, 4) is 0 Å². The van der Waals surface area contributed by atoms with Crippen LogP contribution in [0, 0.1) is 11.7 Å². The van der Waals surface area contributed by atoms with Crippen LogP contribution < -0.4 is 5.32 Å². The smallest absolute Gasteiger partial charge is 0.242 e. The second kappa shape index (κ2) is 12.3. The normalized spacial score (nSPS) is 12.0. The van der Waals surface area contributed by atoms with Crippen LogP contribution in [0.1, 0.15) is 31.9 Å². The summed E-state index contributed by atoms with van der Waals surface area (Å²) in [5.74, 6) is -0.182. The van der Waals surface area contributed by atoms with Crippen LogP contribution in [-0.4, -0.2) is 35.1 Å². The molecular formula is C23H27Cl2FN2O2S. The number of benzene rings is 2. The summed E-state index contributed by atoms with van der Waals surface area (Å²) in [5.41, 5.74) is 1.19. The molecule has 2 aromatic carbocycles. The Morgan fingerprint density at radius 3 is 2.48 bits per heavy atom. The van der Waals surface area contributed by atoms with E-state index in [4.69, 9.17) is 23.2 Å². The molecule has 0 aromatic heterocycles. The van der Waals surface area contributed by atoms with Gasteiger partial charge in [0, 0.05) is 34.5 Å². The van der Waals surface area contributed by atoms with Crippen molar-refractivity contribution in [3.63, 3.8) is 0 Å². The molecule has 1 atom stereocenters. The molecule has 0 bridgehead atoms. The summed E-state index contributed by atoms with van der Waals surface area (Å²) in [6.07, 6.45) is 0. The first kappa shape index (κ1) is 25.5. The number of nitrogens with one attached hydrogen (secondary N) is 1. The predicted molar refractivity (Wildman–Crippen MR) is 127 cm³/mol. The fourth-order valence-corrected chi connectivity index (χ4v) is 4.32. The number of thioether (sulfide) groups is 1. The van der Waals surface area contributed by atoms with Crippen molar-refractivity contribution in [2.45, 2.75) is 39.1 Å². The molecule has 0 fully saturated rings. The van der Waals surface area contributed by atoms with Crippen LogP contribution in [0.3, 0.4) is 0 Å². The second-order valence-electron chi connectivity index (χ2n) is 7.66. The minimum atomic E-state index is -0.664. The van der Waals surface area contributed by atoms with Crippen LogP contribution in [0.15, 0.2) is 42.5 Å². The standard InChI is InChI=1S/C23H27Cl2FN2O2S/c1-15(2)11-27-23(30)16(3)28(12-17-6-4-7-18(24)10-17)22(29)14-31-13-19-20(25)8-5-9-21(19)26/h4-10,15-16H,11-14H2,1-3H3,(H,27,30)/t16-/m1/s1. The zero-order chi connectivity index (χ0) is 23.0. The number of rotatable bonds is 10. The lowest BCUT2D eigenvalue weighted by Gasteiger charge is -2.29. The lowest BCUT2D eigenvalue weighted by molar-refractivity contribution is -0.138. The molecular weight excluding hydrogens is 458 g/mol. The Morgan fingerprint density at radius 2 is 1.84 bits per heavy atom. The number of halogens is 3. The molecule has 0 radical (unpaired) electrons. The average molecular weight is 485 g/mol. The van der Waals surface area contributed by atoms with Crippen molar-refractivity contribution in [2.24, 2.45) is 5.92 Å². The van der Waals surface area contributed by atoms with Crippen molar-refractivity contribution in [2.75, 3.05) is 12.3 Å². The van der Waals surface area contributed by atoms with Gasteiger partial charge in [-0.05, 0) is 42.7 Å². The Balaban J connectivity index is 2.10. The van der Waals surface area contributed by atoms with Gasteiger partial charge in [-0.15, -0.1) is 11.8 Å². The maximum atomic E-state index is 14.0. The Hall–Kier alpha value is -1.76. The molecule has 0 aliphatic rings. The minimum Gasteiger partial charge on any atom is -0.354 e. The maximum Gasteiger partial charge on any atom is 0.242 e. The first-order valence-electron chi connectivity index (χ1n) is 10.0. The first-order chi connectivity index (χ1) is 14.7. The molecule has 0 aliphatic heterocycles. The monoisotopic (exact) mass is 484 g/mol. The second-order valence-corrected chi connectivity index (χ2v) is 9.49. The van der Waals surface area contributed by atoms with E-state index in [2.05, 4.69) is 5.32 Å². The van der Waals surface area contributed by atoms with Crippen molar-refractivity contribution in [3.05, 3.63) is 69.5 Å². The van der Waals surface area contributed by atoms with Crippen molar-refractivity contribution >= 4 is 46.8 Å². The molecule has 31 heavy (non-hydrogen) atoms. The topological polar surface area (TPSA) is 49.4 Å². The molecule has 0 heterocycles. The molecule has 0 saturated carbocycles. The average Bonchev–Trinajstić information content (AvgIpc) is 2.71. The largest absolute Gasteiger partial charge is 0.354 e. The molecule has 168 valence electrons. The highest BCUT2D eigenvalue weighted by atomic mass is 35.5. The molecule has 2 aromatic rings. The van der Waals surface area contributed by atoms with Crippen LogP contribution >= 0.6 is 35.0 Å². The van der Waals surface area contributed by atoms with E-state index in [-0.39, 0.29) is 29.9 Å². The highest BCUT2D eigenvalue weighted by Crippen LogP contribution is 2.24. The van der Waals surface area contributed by atoms with E-state index in [0.29, 0.717) is 28.1 Å². The molecule has 2 rings (SSSR count). The highest BCUT2D eigenvalue weighted by molar-refractivity contribution is 7.99. The summed E-state index contributed by atoms with van der Waals surface area (Å²) < 4.78 is 14.0. The van der Waals surface area contributed by atoms with Crippen LogP contribution in [0.4, 0.5) is 4.39 Å². The van der Waals surface area contributed by atoms with Crippen LogP contribution in [0.25, 0.3) is 0 Å². The fraction of sp³-hybridized carbons (Fsp3) is 0.391. The number of carbonyl (C=O) groups is 2. The third-order valence-corrected chi connectivity index (χ3v) is 6.16. The van der Waals surface area contributed by atoms with Crippen LogP contribution in [0.5, 0.6) is 0 Å². The number of hydrogen-bond donors (Lipinski definition) is 1. The molecule has 0 aliphatic carbocycles. The first-order valence-corrected chi connectivity index (χ1v) is 11.9. The Morgan fingerprint density at radius 1 is 1.13 bits per heavy atom. The summed E-state index contributed by atoms with van der Waals surface area (Å²) in [7, 11) is 0. The Kier molecular flexibility index (Phi) is 10.1. The molecule has 2 amide bonds. The van der Waals surface area contributed by atoms with Gasteiger partial charge in [-0.2, -0.15) is 0 Å². The van der Waals surface area contributed by atoms with Crippen LogP contribution in [-0.2, 0) is 21.9 Å². The van der Waals surface area contributed by atoms with Gasteiger partial charge in [-0.3, -0.25) is 9.59 Å². The number of amides is 2. The van der Waals surface area contributed by atoms with Gasteiger partial charge >= 0.3 is 0 Å². The maximum absolute atomic E-state index is 14.0. The zero-order valence-electron chi connectivity index (χ0n) is 17.8. The van der Waals surface area contributed by atoms with Crippen LogP contribution in [0.2, 0.25) is 10.0 Å². The van der Waals surface area contributed by atoms with Crippen molar-refractivity contribution < 1.29 is 14.0 Å². The van der Waals surface area contributed by atoms with Gasteiger partial charge in [0.05, 0.1) is 5.75 Å². The van der Waals surface area contributed by atoms with E-state index in [1.807, 2.05) is 19.9 Å². The van der Waals surface area contributed by atoms with Crippen molar-refractivity contribution in [1.29, 1.82) is 0 Å². The van der Waals surface area contributed by atoms with Gasteiger partial charge in [0.25, 0.3) is 0 Å². The quantitative estimate of drug-likeness (QED) is 0.480. The Bertz CT molecular complexity index is 891. The van der Waals surface area contributed by atoms with E-state index in [1.54, 1.807) is 37.3 Å². The molecule has 0 spiro atoms. The van der Waals surface area contributed by atoms with Gasteiger partial charge in [-0.1, -0.05) is 55.2 Å². The summed E-state index contributed by atoms with van der Waals surface area (Å²) in [5, 5.41) is 3.77. The van der Waals surface area contributed by atoms with Gasteiger partial charge in [0.15, 0.2) is 0 Å². The molecule has 1 N–H and O–H groups in total. The van der Waals surface area contributed by atoms with E-state index in [9.17, 15) is 14.0 Å². The Labute approximate surface area is 197 Å². The van der Waals surface area contributed by atoms with E-state index < -0.39 is 11.9 Å². The van der Waals surface area contributed by atoms with Gasteiger partial charge in [-0.25, -0.2) is 4.39 Å². The molecule has 0 unspecified atom stereocenters. The lowest BCUT2D eigenvalue weighted by Crippen LogP contribution is -2.48. The van der Waals surface area contributed by atoms with Gasteiger partial charge in [0.1, 0.15) is 11.9 Å². The summed E-state index contributed by atoms with van der Waals surface area (Å²) in [6, 6.07) is 11.0. The molecule has 0 saturated heterocycles. The molecule has 8 heteroatoms. The summed E-state index contributed by atoms with van der Waals surface area (Å²) >= 11 is 13.4. The summed E-state index contributed by atoms with van der Waals surface area (Å²) in [6.45, 7) is 6.49. The number of carbonyl (C=O) groups excluding carboxylic acids is 2. The molecule has 4 nitrogen and oxygen atoms in total. The zero-order valence-corrected chi connectivity index (χ0v) is 20.2. The van der Waals surface area contributed by atoms with Gasteiger partial charge in [0.2, 0.25) is 11.8 Å².